The van der Waals surface area contributed by atoms with E-state index in [-0.39, 0.29) is 0 Å². The average molecular weight is 215 g/mol. The van der Waals surface area contributed by atoms with Crippen LogP contribution in [0.5, 0.6) is 0 Å². The standard InChI is InChI=1S/C11H13N5/c1-16-5-4-13-11(16)8-6-9(12)15-10(14-8)7-2-3-7/h4-7H,2-3H2,1H3,(H2,12,14,15). The summed E-state index contributed by atoms with van der Waals surface area (Å²) in [6.45, 7) is 0. The normalized spacial score (nSPS) is 15.3. The number of hydrogen-bond donors (Lipinski definition) is 1. The SMILES string of the molecule is Cn1ccnc1-c1cc(N)nc(C2CC2)n1. The van der Waals surface area contributed by atoms with Gasteiger partial charge in [-0.25, -0.2) is 15.0 Å². The van der Waals surface area contributed by atoms with Crippen molar-refractivity contribution in [3.63, 3.8) is 0 Å². The Morgan fingerprint density at radius 2 is 2.19 bits per heavy atom. The van der Waals surface area contributed by atoms with Crippen LogP contribution in [-0.4, -0.2) is 19.5 Å². The van der Waals surface area contributed by atoms with Crippen LogP contribution in [0, 0.1) is 0 Å². The highest BCUT2D eigenvalue weighted by Gasteiger charge is 2.27. The highest BCUT2D eigenvalue weighted by Crippen LogP contribution is 2.38. The first-order valence-corrected chi connectivity index (χ1v) is 5.36. The van der Waals surface area contributed by atoms with Gasteiger partial charge < -0.3 is 10.3 Å². The van der Waals surface area contributed by atoms with E-state index < -0.39 is 0 Å². The van der Waals surface area contributed by atoms with Crippen molar-refractivity contribution in [2.45, 2.75) is 18.8 Å². The Morgan fingerprint density at radius 3 is 2.81 bits per heavy atom. The zero-order valence-electron chi connectivity index (χ0n) is 9.09. The maximum atomic E-state index is 5.79. The molecule has 2 aromatic rings. The molecule has 16 heavy (non-hydrogen) atoms. The van der Waals surface area contributed by atoms with Gasteiger partial charge in [0.05, 0.1) is 0 Å². The first kappa shape index (κ1) is 9.33. The number of hydrogen-bond acceptors (Lipinski definition) is 4. The van der Waals surface area contributed by atoms with E-state index in [1.54, 1.807) is 12.3 Å². The molecule has 1 aliphatic carbocycles. The molecule has 5 nitrogen and oxygen atoms in total. The van der Waals surface area contributed by atoms with Crippen molar-refractivity contribution in [2.75, 3.05) is 5.73 Å². The van der Waals surface area contributed by atoms with E-state index in [2.05, 4.69) is 15.0 Å². The Hall–Kier alpha value is -1.91. The van der Waals surface area contributed by atoms with Gasteiger partial charge in [-0.15, -0.1) is 0 Å². The van der Waals surface area contributed by atoms with Crippen LogP contribution in [0.15, 0.2) is 18.5 Å². The largest absolute Gasteiger partial charge is 0.384 e. The van der Waals surface area contributed by atoms with Crippen LogP contribution in [0.2, 0.25) is 0 Å². The van der Waals surface area contributed by atoms with Crippen LogP contribution < -0.4 is 5.73 Å². The van der Waals surface area contributed by atoms with Gasteiger partial charge >= 0.3 is 0 Å². The van der Waals surface area contributed by atoms with Crippen molar-refractivity contribution in [1.82, 2.24) is 19.5 Å². The second-order valence-corrected chi connectivity index (χ2v) is 4.17. The molecule has 2 heterocycles. The maximum absolute atomic E-state index is 5.79. The molecule has 82 valence electrons. The summed E-state index contributed by atoms with van der Waals surface area (Å²) in [4.78, 5) is 13.1. The molecular weight excluding hydrogens is 202 g/mol. The number of aromatic nitrogens is 4. The third-order valence-electron chi connectivity index (χ3n) is 2.76. The number of nitrogens with two attached hydrogens (primary N) is 1. The minimum atomic E-state index is 0.502. The lowest BCUT2D eigenvalue weighted by Crippen LogP contribution is -2.02. The molecule has 1 aliphatic rings. The summed E-state index contributed by atoms with van der Waals surface area (Å²) in [5, 5.41) is 0. The highest BCUT2D eigenvalue weighted by atomic mass is 15.1. The molecule has 1 saturated carbocycles. The van der Waals surface area contributed by atoms with Gasteiger partial charge in [0.2, 0.25) is 0 Å². The number of nitrogens with zero attached hydrogens (tertiary/aromatic N) is 4. The molecular formula is C11H13N5. The van der Waals surface area contributed by atoms with Gasteiger partial charge in [-0.2, -0.15) is 0 Å². The van der Waals surface area contributed by atoms with Gasteiger partial charge in [-0.05, 0) is 12.8 Å². The van der Waals surface area contributed by atoms with Gasteiger partial charge in [-0.3, -0.25) is 0 Å². The summed E-state index contributed by atoms with van der Waals surface area (Å²) in [5.41, 5.74) is 6.60. The Bertz CT molecular complexity index is 527. The fourth-order valence-electron chi connectivity index (χ4n) is 1.74. The summed E-state index contributed by atoms with van der Waals surface area (Å²) in [7, 11) is 1.94. The van der Waals surface area contributed by atoms with Crippen molar-refractivity contribution < 1.29 is 0 Å². The van der Waals surface area contributed by atoms with Crippen LogP contribution in [0.1, 0.15) is 24.6 Å². The second-order valence-electron chi connectivity index (χ2n) is 4.17. The average Bonchev–Trinajstić information content (AvgIpc) is 3.01. The zero-order chi connectivity index (χ0) is 11.1. The monoisotopic (exact) mass is 215 g/mol. The Balaban J connectivity index is 2.10. The van der Waals surface area contributed by atoms with Crippen molar-refractivity contribution >= 4 is 5.82 Å². The molecule has 0 amide bonds. The topological polar surface area (TPSA) is 69.6 Å². The molecule has 0 atom stereocenters. The third-order valence-corrected chi connectivity index (χ3v) is 2.76. The molecule has 1 fully saturated rings. The summed E-state index contributed by atoms with van der Waals surface area (Å²) >= 11 is 0. The smallest absolute Gasteiger partial charge is 0.158 e. The van der Waals surface area contributed by atoms with E-state index >= 15 is 0 Å². The third kappa shape index (κ3) is 1.54. The number of imidazole rings is 1. The predicted octanol–water partition coefficient (Wildman–Crippen LogP) is 1.34. The first-order chi connectivity index (χ1) is 7.74. The number of aryl methyl sites for hydroxylation is 1. The van der Waals surface area contributed by atoms with Gasteiger partial charge in [0, 0.05) is 31.4 Å². The zero-order valence-corrected chi connectivity index (χ0v) is 9.09. The second kappa shape index (κ2) is 3.30. The first-order valence-electron chi connectivity index (χ1n) is 5.36. The van der Waals surface area contributed by atoms with Crippen LogP contribution in [0.3, 0.4) is 0 Å². The van der Waals surface area contributed by atoms with Crippen molar-refractivity contribution in [3.8, 4) is 11.5 Å². The van der Waals surface area contributed by atoms with Crippen LogP contribution in [-0.2, 0) is 7.05 Å². The van der Waals surface area contributed by atoms with E-state index in [9.17, 15) is 0 Å². The van der Waals surface area contributed by atoms with E-state index in [0.717, 1.165) is 17.3 Å². The minimum absolute atomic E-state index is 0.502. The molecule has 3 rings (SSSR count). The quantitative estimate of drug-likeness (QED) is 0.820. The van der Waals surface area contributed by atoms with Crippen molar-refractivity contribution in [1.29, 1.82) is 0 Å². The lowest BCUT2D eigenvalue weighted by molar-refractivity contribution is 0.892. The van der Waals surface area contributed by atoms with Crippen molar-refractivity contribution in [2.24, 2.45) is 7.05 Å². The summed E-state index contributed by atoms with van der Waals surface area (Å²) < 4.78 is 1.93. The van der Waals surface area contributed by atoms with E-state index in [1.807, 2.05) is 17.8 Å². The molecule has 0 aromatic carbocycles. The summed E-state index contributed by atoms with van der Waals surface area (Å²) in [6, 6.07) is 1.77. The van der Waals surface area contributed by atoms with Gasteiger partial charge in [0.25, 0.3) is 0 Å². The number of nitrogen functional groups attached to an aromatic ring is 1. The maximum Gasteiger partial charge on any atom is 0.158 e. The van der Waals surface area contributed by atoms with Crippen LogP contribution in [0.25, 0.3) is 11.5 Å². The highest BCUT2D eigenvalue weighted by molar-refractivity contribution is 5.54. The van der Waals surface area contributed by atoms with E-state index in [0.29, 0.717) is 11.7 Å². The van der Waals surface area contributed by atoms with Gasteiger partial charge in [0.1, 0.15) is 17.3 Å². The molecule has 0 saturated heterocycles. The van der Waals surface area contributed by atoms with Gasteiger partial charge in [-0.1, -0.05) is 0 Å². The number of anilines is 1. The predicted molar refractivity (Wildman–Crippen MR) is 60.6 cm³/mol. The molecule has 0 aliphatic heterocycles. The Labute approximate surface area is 93.4 Å². The van der Waals surface area contributed by atoms with E-state index in [1.165, 1.54) is 12.8 Å². The molecule has 2 N–H and O–H groups in total. The van der Waals surface area contributed by atoms with E-state index in [4.69, 9.17) is 5.73 Å². The minimum Gasteiger partial charge on any atom is -0.384 e. The number of rotatable bonds is 2. The van der Waals surface area contributed by atoms with Crippen molar-refractivity contribution in [3.05, 3.63) is 24.3 Å². The fourth-order valence-corrected chi connectivity index (χ4v) is 1.74. The summed E-state index contributed by atoms with van der Waals surface area (Å²) in [5.74, 6) is 2.71. The van der Waals surface area contributed by atoms with Crippen LogP contribution >= 0.6 is 0 Å². The molecule has 0 radical (unpaired) electrons. The molecule has 0 bridgehead atoms. The Morgan fingerprint density at radius 1 is 1.38 bits per heavy atom. The summed E-state index contributed by atoms with van der Waals surface area (Å²) in [6.07, 6.45) is 5.99. The van der Waals surface area contributed by atoms with Gasteiger partial charge in [0.15, 0.2) is 5.82 Å². The fraction of sp³-hybridized carbons (Fsp3) is 0.364. The lowest BCUT2D eigenvalue weighted by atomic mass is 10.3. The van der Waals surface area contributed by atoms with Crippen LogP contribution in [0.4, 0.5) is 5.82 Å². The molecule has 5 heteroatoms. The lowest BCUT2D eigenvalue weighted by Gasteiger charge is -2.04. The molecule has 0 unspecified atom stereocenters. The Kier molecular flexibility index (Phi) is 1.92. The molecule has 2 aromatic heterocycles. The molecule has 0 spiro atoms.